The van der Waals surface area contributed by atoms with Crippen molar-refractivity contribution in [1.82, 2.24) is 0 Å². The van der Waals surface area contributed by atoms with E-state index in [1.165, 1.54) is 24.3 Å². The number of esters is 2. The highest BCUT2D eigenvalue weighted by atomic mass is 19.4. The molecule has 2 heterocycles. The van der Waals surface area contributed by atoms with Crippen LogP contribution in [0.2, 0.25) is 0 Å². The number of benzene rings is 1. The van der Waals surface area contributed by atoms with Gasteiger partial charge >= 0.3 is 18.1 Å². The standard InChI is InChI=1S/C30H39F3O7/c1-18-22(39-24(36)29(37-5,30(31,32)33)19-10-7-6-8-11-19)21(35)23-25(2,3)12-9-13-26(23,4)28(18)15-14-27(40-28)16-20(34)38-17-27/h6-8,10-11,18,21-23,35H,9,12-17H2,1-5H3/t18-,21-,22-,23+,26+,27-,28-,29+/m1/s1. The molecule has 2 aliphatic carbocycles. The van der Waals surface area contributed by atoms with Gasteiger partial charge in [-0.05, 0) is 31.1 Å². The number of aliphatic hydroxyl groups is 1. The average Bonchev–Trinajstić information content (AvgIpc) is 3.44. The first-order valence-electron chi connectivity index (χ1n) is 14.0. The molecule has 1 N–H and O–H groups in total. The Morgan fingerprint density at radius 1 is 1.07 bits per heavy atom. The van der Waals surface area contributed by atoms with E-state index in [1.807, 2.05) is 13.8 Å². The third kappa shape index (κ3) is 3.96. The van der Waals surface area contributed by atoms with Gasteiger partial charge in [-0.3, -0.25) is 4.79 Å². The Hall–Kier alpha value is -2.17. The predicted octanol–water partition coefficient (Wildman–Crippen LogP) is 5.08. The lowest BCUT2D eigenvalue weighted by Crippen LogP contribution is -2.72. The molecule has 40 heavy (non-hydrogen) atoms. The molecule has 5 rings (SSSR count). The molecule has 4 fully saturated rings. The first kappa shape index (κ1) is 29.3. The smallest absolute Gasteiger partial charge is 0.432 e. The van der Waals surface area contributed by atoms with Gasteiger partial charge in [0.2, 0.25) is 0 Å². The zero-order valence-electron chi connectivity index (χ0n) is 23.7. The lowest BCUT2D eigenvalue weighted by atomic mass is 9.43. The van der Waals surface area contributed by atoms with Crippen molar-refractivity contribution in [3.8, 4) is 0 Å². The highest BCUT2D eigenvalue weighted by molar-refractivity contribution is 5.83. The molecule has 0 bridgehead atoms. The van der Waals surface area contributed by atoms with Gasteiger partial charge in [-0.2, -0.15) is 13.2 Å². The van der Waals surface area contributed by atoms with Gasteiger partial charge in [-0.25, -0.2) is 4.79 Å². The Labute approximate surface area is 232 Å². The second-order valence-electron chi connectivity index (χ2n) is 13.1. The number of aliphatic hydroxyl groups excluding tert-OH is 1. The summed E-state index contributed by atoms with van der Waals surface area (Å²) in [6.45, 7) is 8.02. The van der Waals surface area contributed by atoms with E-state index in [0.29, 0.717) is 12.8 Å². The van der Waals surface area contributed by atoms with E-state index in [2.05, 4.69) is 6.92 Å². The minimum absolute atomic E-state index is 0.0908. The van der Waals surface area contributed by atoms with Crippen molar-refractivity contribution in [3.63, 3.8) is 0 Å². The second kappa shape index (κ2) is 9.42. The highest BCUT2D eigenvalue weighted by Crippen LogP contribution is 2.68. The molecule has 2 saturated heterocycles. The fraction of sp³-hybridized carbons (Fsp3) is 0.733. The second-order valence-corrected chi connectivity index (χ2v) is 13.1. The van der Waals surface area contributed by atoms with Crippen molar-refractivity contribution >= 4 is 11.9 Å². The van der Waals surface area contributed by atoms with E-state index >= 15 is 0 Å². The zero-order chi connectivity index (χ0) is 29.4. The highest BCUT2D eigenvalue weighted by Gasteiger charge is 2.74. The molecule has 0 aromatic heterocycles. The van der Waals surface area contributed by atoms with E-state index < -0.39 is 69.4 Å². The largest absolute Gasteiger partial charge is 0.463 e. The minimum atomic E-state index is -5.14. The maximum absolute atomic E-state index is 14.7. The number of fused-ring (bicyclic) bond motifs is 2. The van der Waals surface area contributed by atoms with E-state index in [0.717, 1.165) is 26.4 Å². The first-order chi connectivity index (χ1) is 18.6. The van der Waals surface area contributed by atoms with Crippen molar-refractivity contribution in [3.05, 3.63) is 35.9 Å². The number of cyclic esters (lactones) is 1. The van der Waals surface area contributed by atoms with E-state index in [4.69, 9.17) is 18.9 Å². The molecule has 8 atom stereocenters. The summed E-state index contributed by atoms with van der Waals surface area (Å²) >= 11 is 0. The third-order valence-corrected chi connectivity index (χ3v) is 10.6. The van der Waals surface area contributed by atoms with Gasteiger partial charge in [0.05, 0.1) is 18.1 Å². The van der Waals surface area contributed by atoms with Crippen LogP contribution in [0.3, 0.4) is 0 Å². The molecule has 4 aliphatic rings. The summed E-state index contributed by atoms with van der Waals surface area (Å²) in [5, 5.41) is 11.9. The van der Waals surface area contributed by atoms with Gasteiger partial charge in [0, 0.05) is 29.9 Å². The minimum Gasteiger partial charge on any atom is -0.463 e. The Morgan fingerprint density at radius 2 is 1.75 bits per heavy atom. The van der Waals surface area contributed by atoms with Crippen LogP contribution in [0, 0.1) is 22.7 Å². The summed E-state index contributed by atoms with van der Waals surface area (Å²) in [4.78, 5) is 25.8. The van der Waals surface area contributed by atoms with Gasteiger partial charge in [0.1, 0.15) is 18.3 Å². The number of rotatable bonds is 4. The van der Waals surface area contributed by atoms with Crippen LogP contribution in [0.4, 0.5) is 13.2 Å². The van der Waals surface area contributed by atoms with Crippen molar-refractivity contribution in [2.24, 2.45) is 22.7 Å². The summed E-state index contributed by atoms with van der Waals surface area (Å²) < 4.78 is 67.0. The van der Waals surface area contributed by atoms with Gasteiger partial charge in [-0.1, -0.05) is 64.4 Å². The fourth-order valence-electron chi connectivity index (χ4n) is 8.86. The first-order valence-corrected chi connectivity index (χ1v) is 14.0. The van der Waals surface area contributed by atoms with Gasteiger partial charge in [-0.15, -0.1) is 0 Å². The van der Waals surface area contributed by atoms with Crippen molar-refractivity contribution < 1.29 is 46.8 Å². The van der Waals surface area contributed by atoms with Crippen LogP contribution < -0.4 is 0 Å². The molecule has 2 saturated carbocycles. The van der Waals surface area contributed by atoms with Crippen LogP contribution in [0.1, 0.15) is 71.8 Å². The average molecular weight is 569 g/mol. The van der Waals surface area contributed by atoms with Crippen molar-refractivity contribution in [2.45, 2.75) is 101 Å². The molecule has 2 aliphatic heterocycles. The summed E-state index contributed by atoms with van der Waals surface area (Å²) in [6.07, 6.45) is -4.19. The van der Waals surface area contributed by atoms with Crippen LogP contribution in [0.25, 0.3) is 0 Å². The fourth-order valence-corrected chi connectivity index (χ4v) is 8.86. The topological polar surface area (TPSA) is 91.3 Å². The normalized spacial score (nSPS) is 40.5. The van der Waals surface area contributed by atoms with Crippen molar-refractivity contribution in [1.29, 1.82) is 0 Å². The molecule has 222 valence electrons. The monoisotopic (exact) mass is 568 g/mol. The van der Waals surface area contributed by atoms with E-state index in [9.17, 15) is 27.9 Å². The van der Waals surface area contributed by atoms with Crippen LogP contribution in [-0.4, -0.2) is 60.3 Å². The number of methoxy groups -OCH3 is 1. The number of hydrogen-bond donors (Lipinski definition) is 1. The number of ether oxygens (including phenoxy) is 4. The molecule has 0 amide bonds. The Morgan fingerprint density at radius 3 is 2.33 bits per heavy atom. The maximum Gasteiger partial charge on any atom is 0.432 e. The Bertz CT molecular complexity index is 1160. The molecule has 10 heteroatoms. The number of carbonyl (C=O) groups excluding carboxylic acids is 2. The summed E-state index contributed by atoms with van der Waals surface area (Å²) in [7, 11) is 0.826. The summed E-state index contributed by atoms with van der Waals surface area (Å²) in [6, 6.07) is 6.66. The molecule has 2 spiro atoms. The number of hydrogen-bond acceptors (Lipinski definition) is 7. The molecule has 1 aromatic carbocycles. The van der Waals surface area contributed by atoms with Gasteiger partial charge in [0.25, 0.3) is 5.60 Å². The van der Waals surface area contributed by atoms with Crippen LogP contribution >= 0.6 is 0 Å². The van der Waals surface area contributed by atoms with E-state index in [-0.39, 0.29) is 19.0 Å². The van der Waals surface area contributed by atoms with Crippen LogP contribution in [-0.2, 0) is 34.1 Å². The number of alkyl halides is 3. The summed E-state index contributed by atoms with van der Waals surface area (Å²) in [5.74, 6) is -3.12. The predicted molar refractivity (Wildman–Crippen MR) is 137 cm³/mol. The quantitative estimate of drug-likeness (QED) is 0.507. The molecule has 1 aromatic rings. The van der Waals surface area contributed by atoms with Crippen LogP contribution in [0.15, 0.2) is 30.3 Å². The molecular formula is C30H39F3O7. The Kier molecular flexibility index (Phi) is 6.91. The lowest BCUT2D eigenvalue weighted by molar-refractivity contribution is -0.311. The molecule has 0 radical (unpaired) electrons. The van der Waals surface area contributed by atoms with Gasteiger partial charge in [0.15, 0.2) is 0 Å². The van der Waals surface area contributed by atoms with Gasteiger partial charge < -0.3 is 24.1 Å². The SMILES string of the molecule is CO[C@](C(=O)O[C@H]1[C@@H](O)[C@H]2C(C)(C)CCC[C@]2(C)[C@@]2(CC[C@@]3(COC(=O)C3)O2)[C@@H]1C)(c1ccccc1)C(F)(F)F. The zero-order valence-corrected chi connectivity index (χ0v) is 23.7. The molecule has 0 unspecified atom stereocenters. The third-order valence-electron chi connectivity index (χ3n) is 10.6. The van der Waals surface area contributed by atoms with E-state index in [1.54, 1.807) is 13.0 Å². The number of carbonyl (C=O) groups is 2. The summed E-state index contributed by atoms with van der Waals surface area (Å²) in [5.41, 5.74) is -6.62. The number of halogens is 3. The van der Waals surface area contributed by atoms with Crippen LogP contribution in [0.5, 0.6) is 0 Å². The lowest BCUT2D eigenvalue weighted by Gasteiger charge is -2.66. The molecular weight excluding hydrogens is 529 g/mol. The Balaban J connectivity index is 1.59. The molecule has 7 nitrogen and oxygen atoms in total. The van der Waals surface area contributed by atoms with Crippen molar-refractivity contribution in [2.75, 3.05) is 13.7 Å². The maximum atomic E-state index is 14.7.